The normalized spacial score (nSPS) is 18.8. The summed E-state index contributed by atoms with van der Waals surface area (Å²) in [5.41, 5.74) is 4.06. The van der Waals surface area contributed by atoms with Crippen LogP contribution in [0.4, 0.5) is 17.1 Å². The summed E-state index contributed by atoms with van der Waals surface area (Å²) in [6, 6.07) is 14.1. The molecule has 2 aromatic carbocycles. The summed E-state index contributed by atoms with van der Waals surface area (Å²) >= 11 is 10.9. The van der Waals surface area contributed by atoms with Crippen LogP contribution in [0.25, 0.3) is 0 Å². The minimum absolute atomic E-state index is 0.697. The van der Waals surface area contributed by atoms with Gasteiger partial charge in [-0.2, -0.15) is 0 Å². The summed E-state index contributed by atoms with van der Waals surface area (Å²) in [6.07, 6.45) is 0. The predicted octanol–water partition coefficient (Wildman–Crippen LogP) is 4.08. The van der Waals surface area contributed by atoms with Gasteiger partial charge in [0.1, 0.15) is 18.9 Å². The molecule has 124 valence electrons. The van der Waals surface area contributed by atoms with Crippen LogP contribution in [-0.2, 0) is 0 Å². The van der Waals surface area contributed by atoms with E-state index in [9.17, 15) is 0 Å². The van der Waals surface area contributed by atoms with Crippen molar-refractivity contribution in [2.45, 2.75) is 0 Å². The third kappa shape index (κ3) is 2.99. The summed E-state index contributed by atoms with van der Waals surface area (Å²) in [6.45, 7) is 3.84. The molecule has 2 aliphatic heterocycles. The lowest BCUT2D eigenvalue weighted by atomic mass is 10.1. The van der Waals surface area contributed by atoms with Crippen molar-refractivity contribution in [2.24, 2.45) is 4.99 Å². The van der Waals surface area contributed by atoms with Crippen molar-refractivity contribution in [1.82, 2.24) is 4.90 Å². The number of piperazine rings is 1. The van der Waals surface area contributed by atoms with Crippen LogP contribution < -0.4 is 5.32 Å². The fourth-order valence-electron chi connectivity index (χ4n) is 3.16. The lowest BCUT2D eigenvalue weighted by Gasteiger charge is -2.38. The quantitative estimate of drug-likeness (QED) is 0.548. The molecule has 1 fully saturated rings. The Balaban J connectivity index is 1.80. The van der Waals surface area contributed by atoms with Gasteiger partial charge in [-0.3, -0.25) is 3.89 Å². The molecule has 0 amide bonds. The van der Waals surface area contributed by atoms with Gasteiger partial charge in [0.25, 0.3) is 0 Å². The van der Waals surface area contributed by atoms with Gasteiger partial charge in [0.2, 0.25) is 0 Å². The lowest BCUT2D eigenvalue weighted by Crippen LogP contribution is -2.53. The van der Waals surface area contributed by atoms with Gasteiger partial charge in [0.15, 0.2) is 0 Å². The van der Waals surface area contributed by atoms with Crippen molar-refractivity contribution in [3.63, 3.8) is 0 Å². The predicted molar refractivity (Wildman–Crippen MR) is 104 cm³/mol. The second-order valence-electron chi connectivity index (χ2n) is 6.54. The Morgan fingerprint density at radius 1 is 1.12 bits per heavy atom. The van der Waals surface area contributed by atoms with Gasteiger partial charge in [-0.15, -0.1) is 0 Å². The van der Waals surface area contributed by atoms with Gasteiger partial charge < -0.3 is 10.2 Å². The average molecular weight is 360 g/mol. The zero-order chi connectivity index (χ0) is 16.7. The van der Waals surface area contributed by atoms with Crippen LogP contribution >= 0.6 is 24.4 Å². The summed E-state index contributed by atoms with van der Waals surface area (Å²) in [5.74, 6) is 1.01. The molecule has 0 aromatic heterocycles. The molecular weight excluding hydrogens is 340 g/mol. The van der Waals surface area contributed by atoms with E-state index in [0.29, 0.717) is 5.02 Å². The minimum Gasteiger partial charge on any atom is -0.353 e. The van der Waals surface area contributed by atoms with Crippen molar-refractivity contribution in [2.75, 3.05) is 38.5 Å². The highest BCUT2D eigenvalue weighted by Gasteiger charge is 2.30. The van der Waals surface area contributed by atoms with E-state index < -0.39 is 0 Å². The molecule has 0 atom stereocenters. The smallest absolute Gasteiger partial charge is 0.139 e. The number of para-hydroxylation sites is 1. The van der Waals surface area contributed by atoms with E-state index in [-0.39, 0.29) is 0 Å². The van der Waals surface area contributed by atoms with E-state index in [1.807, 2.05) is 24.3 Å². The van der Waals surface area contributed by atoms with Gasteiger partial charge in [-0.05, 0) is 30.3 Å². The molecule has 1 saturated heterocycles. The minimum atomic E-state index is 0.697. The van der Waals surface area contributed by atoms with Crippen LogP contribution in [0.2, 0.25) is 5.02 Å². The van der Waals surface area contributed by atoms with Gasteiger partial charge in [-0.25, -0.2) is 4.99 Å². The van der Waals surface area contributed by atoms with Crippen molar-refractivity contribution in [1.29, 1.82) is 0 Å². The molecule has 0 aliphatic carbocycles. The van der Waals surface area contributed by atoms with E-state index in [2.05, 4.69) is 35.5 Å². The Bertz CT molecular complexity index is 808. The molecular formula is C18H20ClN4S+. The third-order valence-corrected chi connectivity index (χ3v) is 5.26. The van der Waals surface area contributed by atoms with Crippen LogP contribution in [0.5, 0.6) is 0 Å². The maximum atomic E-state index is 6.19. The number of rotatable bonds is 0. The number of likely N-dealkylation sites (N-methyl/N-ethyl adjacent to an activating group) is 1. The number of hydrogen-bond acceptors (Lipinski definition) is 4. The second kappa shape index (κ2) is 5.99. The first kappa shape index (κ1) is 15.8. The van der Waals surface area contributed by atoms with Gasteiger partial charge >= 0.3 is 0 Å². The van der Waals surface area contributed by atoms with E-state index in [4.69, 9.17) is 29.4 Å². The molecule has 2 aliphatic rings. The molecule has 0 radical (unpaired) electrons. The molecule has 2 aromatic rings. The summed E-state index contributed by atoms with van der Waals surface area (Å²) in [7, 11) is 2.15. The molecule has 0 saturated carbocycles. The first-order valence-corrected chi connectivity index (χ1v) is 8.87. The number of thiol groups is 1. The molecule has 1 N–H and O–H groups in total. The third-order valence-electron chi connectivity index (χ3n) is 4.63. The maximum absolute atomic E-state index is 6.19. The van der Waals surface area contributed by atoms with Crippen LogP contribution in [0, 0.1) is 0 Å². The monoisotopic (exact) mass is 359 g/mol. The molecule has 4 nitrogen and oxygen atoms in total. The SMILES string of the molecule is C[N+]1(S)CCN(C2=Nc3cc(Cl)ccc3Nc3ccccc32)CC1. The fourth-order valence-corrected chi connectivity index (χ4v) is 3.50. The summed E-state index contributed by atoms with van der Waals surface area (Å²) in [5, 5.41) is 4.19. The Morgan fingerprint density at radius 3 is 2.67 bits per heavy atom. The second-order valence-corrected chi connectivity index (χ2v) is 7.94. The average Bonchev–Trinajstić information content (AvgIpc) is 2.71. The van der Waals surface area contributed by atoms with Gasteiger partial charge in [0, 0.05) is 16.3 Å². The molecule has 6 heteroatoms. The summed E-state index contributed by atoms with van der Waals surface area (Å²) in [4.78, 5) is 7.33. The van der Waals surface area contributed by atoms with Crippen LogP contribution in [0.15, 0.2) is 47.5 Å². The number of anilines is 2. The first-order chi connectivity index (χ1) is 11.5. The van der Waals surface area contributed by atoms with E-state index >= 15 is 0 Å². The number of nitrogens with one attached hydrogen (secondary N) is 1. The Kier molecular flexibility index (Phi) is 3.95. The van der Waals surface area contributed by atoms with Crippen molar-refractivity contribution in [3.8, 4) is 0 Å². The standard InChI is InChI=1S/C18H20ClN4S/c1-23(24)10-8-22(9-11-23)18-14-4-2-3-5-15(14)20-16-7-6-13(19)12-17(16)21-18/h2-7,12,20,24H,8-11H2,1H3/q+1. The molecule has 2 heterocycles. The number of fused-ring (bicyclic) bond motifs is 2. The number of quaternary nitrogens is 1. The number of aliphatic imine (C=N–C) groups is 1. The highest BCUT2D eigenvalue weighted by atomic mass is 35.5. The van der Waals surface area contributed by atoms with Crippen molar-refractivity contribution < 1.29 is 3.89 Å². The Hall–Kier alpha value is -1.69. The number of amidine groups is 1. The Morgan fingerprint density at radius 2 is 1.88 bits per heavy atom. The number of benzene rings is 2. The molecule has 4 rings (SSSR count). The zero-order valence-corrected chi connectivity index (χ0v) is 15.2. The Labute approximate surface area is 152 Å². The highest BCUT2D eigenvalue weighted by molar-refractivity contribution is 7.74. The zero-order valence-electron chi connectivity index (χ0n) is 13.5. The molecule has 24 heavy (non-hydrogen) atoms. The van der Waals surface area contributed by atoms with E-state index in [1.165, 1.54) is 0 Å². The van der Waals surface area contributed by atoms with Crippen molar-refractivity contribution >= 4 is 47.3 Å². The topological polar surface area (TPSA) is 27.6 Å². The molecule has 0 spiro atoms. The highest BCUT2D eigenvalue weighted by Crippen LogP contribution is 2.36. The van der Waals surface area contributed by atoms with Crippen LogP contribution in [0.1, 0.15) is 5.56 Å². The number of nitrogens with zero attached hydrogens (tertiary/aromatic N) is 3. The number of hydrogen-bond donors (Lipinski definition) is 2. The van der Waals surface area contributed by atoms with E-state index in [0.717, 1.165) is 58.5 Å². The molecule has 0 bridgehead atoms. The fraction of sp³-hybridized carbons (Fsp3) is 0.278. The lowest BCUT2D eigenvalue weighted by molar-refractivity contribution is -0.775. The molecule has 0 unspecified atom stereocenters. The van der Waals surface area contributed by atoms with E-state index in [1.54, 1.807) is 0 Å². The largest absolute Gasteiger partial charge is 0.353 e. The van der Waals surface area contributed by atoms with Crippen molar-refractivity contribution in [3.05, 3.63) is 53.1 Å². The van der Waals surface area contributed by atoms with Crippen LogP contribution in [-0.4, -0.2) is 47.9 Å². The number of halogens is 1. The maximum Gasteiger partial charge on any atom is 0.139 e. The first-order valence-electron chi connectivity index (χ1n) is 8.09. The van der Waals surface area contributed by atoms with Gasteiger partial charge in [0.05, 0.1) is 44.3 Å². The van der Waals surface area contributed by atoms with Crippen LogP contribution in [0.3, 0.4) is 0 Å². The van der Waals surface area contributed by atoms with Gasteiger partial charge in [-0.1, -0.05) is 23.7 Å². The summed E-state index contributed by atoms with van der Waals surface area (Å²) < 4.78 is 0.756.